The standard InChI is InChI=1S/C21H25N5O3/c1-13(2)20-23-24-25-26(20)18-9-17(16-7-5-14(3)6-8-16)10-19(11-18)29-21(28)22-15(4)12-27/h5-11,13,15,27H,12H2,1-4H3,(H,22,28). The Morgan fingerprint density at radius 1 is 1.14 bits per heavy atom. The van der Waals surface area contributed by atoms with Gasteiger partial charge in [-0.2, -0.15) is 4.68 Å². The number of nitrogens with one attached hydrogen (secondary N) is 1. The van der Waals surface area contributed by atoms with Crippen molar-refractivity contribution in [1.29, 1.82) is 0 Å². The normalized spacial score (nSPS) is 12.1. The number of rotatable bonds is 6. The predicted molar refractivity (Wildman–Crippen MR) is 109 cm³/mol. The highest BCUT2D eigenvalue weighted by atomic mass is 16.6. The van der Waals surface area contributed by atoms with Crippen molar-refractivity contribution in [2.24, 2.45) is 0 Å². The van der Waals surface area contributed by atoms with Gasteiger partial charge in [-0.25, -0.2) is 4.79 Å². The first-order valence-corrected chi connectivity index (χ1v) is 9.47. The molecule has 152 valence electrons. The van der Waals surface area contributed by atoms with Crippen molar-refractivity contribution in [3.63, 3.8) is 0 Å². The number of aromatic nitrogens is 4. The lowest BCUT2D eigenvalue weighted by Crippen LogP contribution is -2.37. The lowest BCUT2D eigenvalue weighted by atomic mass is 10.0. The number of carbonyl (C=O) groups is 1. The number of ether oxygens (including phenoxy) is 1. The Hall–Kier alpha value is -3.26. The molecular formula is C21H25N5O3. The summed E-state index contributed by atoms with van der Waals surface area (Å²) in [5.74, 6) is 1.17. The summed E-state index contributed by atoms with van der Waals surface area (Å²) < 4.78 is 7.11. The second-order valence-electron chi connectivity index (χ2n) is 7.30. The minimum absolute atomic E-state index is 0.117. The van der Waals surface area contributed by atoms with E-state index in [1.54, 1.807) is 23.7 Å². The van der Waals surface area contributed by atoms with E-state index in [1.807, 2.05) is 51.1 Å². The third-order valence-corrected chi connectivity index (χ3v) is 4.38. The molecule has 0 saturated heterocycles. The summed E-state index contributed by atoms with van der Waals surface area (Å²) in [6.45, 7) is 7.55. The van der Waals surface area contributed by atoms with Crippen molar-refractivity contribution < 1.29 is 14.6 Å². The van der Waals surface area contributed by atoms with Crippen LogP contribution in [0, 0.1) is 6.92 Å². The summed E-state index contributed by atoms with van der Waals surface area (Å²) in [6, 6.07) is 13.1. The van der Waals surface area contributed by atoms with E-state index in [2.05, 4.69) is 20.8 Å². The summed E-state index contributed by atoms with van der Waals surface area (Å²) in [5.41, 5.74) is 3.69. The van der Waals surface area contributed by atoms with Gasteiger partial charge in [0.2, 0.25) is 0 Å². The number of hydrogen-bond donors (Lipinski definition) is 2. The molecule has 8 nitrogen and oxygen atoms in total. The molecule has 1 aromatic heterocycles. The van der Waals surface area contributed by atoms with Gasteiger partial charge >= 0.3 is 6.09 Å². The van der Waals surface area contributed by atoms with Crippen molar-refractivity contribution in [1.82, 2.24) is 25.5 Å². The smallest absolute Gasteiger partial charge is 0.410 e. The Bertz CT molecular complexity index is 982. The molecule has 0 saturated carbocycles. The van der Waals surface area contributed by atoms with Gasteiger partial charge in [-0.3, -0.25) is 0 Å². The molecule has 0 radical (unpaired) electrons. The Morgan fingerprint density at radius 2 is 1.86 bits per heavy atom. The van der Waals surface area contributed by atoms with Crippen LogP contribution in [-0.2, 0) is 0 Å². The molecule has 0 aliphatic carbocycles. The van der Waals surface area contributed by atoms with Crippen molar-refractivity contribution in [2.45, 2.75) is 39.7 Å². The third kappa shape index (κ3) is 4.97. The highest BCUT2D eigenvalue weighted by Crippen LogP contribution is 2.29. The first-order valence-electron chi connectivity index (χ1n) is 9.47. The predicted octanol–water partition coefficient (Wildman–Crippen LogP) is 3.23. The van der Waals surface area contributed by atoms with Gasteiger partial charge < -0.3 is 15.2 Å². The van der Waals surface area contributed by atoms with Crippen molar-refractivity contribution in [3.05, 3.63) is 53.9 Å². The quantitative estimate of drug-likeness (QED) is 0.664. The van der Waals surface area contributed by atoms with Crippen LogP contribution in [0.3, 0.4) is 0 Å². The van der Waals surface area contributed by atoms with Crippen molar-refractivity contribution in [2.75, 3.05) is 6.61 Å². The number of amides is 1. The minimum Gasteiger partial charge on any atom is -0.410 e. The number of benzene rings is 2. The number of carbonyl (C=O) groups excluding carboxylic acids is 1. The average molecular weight is 395 g/mol. The lowest BCUT2D eigenvalue weighted by Gasteiger charge is -2.14. The molecule has 2 aromatic carbocycles. The van der Waals surface area contributed by atoms with Gasteiger partial charge in [-0.15, -0.1) is 5.10 Å². The molecule has 1 atom stereocenters. The van der Waals surface area contributed by atoms with Gasteiger partial charge in [0.25, 0.3) is 0 Å². The summed E-state index contributed by atoms with van der Waals surface area (Å²) in [6.07, 6.45) is -0.639. The third-order valence-electron chi connectivity index (χ3n) is 4.38. The van der Waals surface area contributed by atoms with Gasteiger partial charge in [0.1, 0.15) is 5.75 Å². The molecular weight excluding hydrogens is 370 g/mol. The van der Waals surface area contributed by atoms with Gasteiger partial charge in [0.05, 0.1) is 18.3 Å². The largest absolute Gasteiger partial charge is 0.412 e. The summed E-state index contributed by atoms with van der Waals surface area (Å²) >= 11 is 0. The second kappa shape index (κ2) is 8.83. The minimum atomic E-state index is -0.639. The summed E-state index contributed by atoms with van der Waals surface area (Å²) in [7, 11) is 0. The van der Waals surface area contributed by atoms with Gasteiger partial charge in [-0.1, -0.05) is 43.7 Å². The fourth-order valence-electron chi connectivity index (χ4n) is 2.80. The van der Waals surface area contributed by atoms with Gasteiger partial charge in [-0.05, 0) is 47.5 Å². The van der Waals surface area contributed by atoms with Crippen molar-refractivity contribution >= 4 is 6.09 Å². The number of hydrogen-bond acceptors (Lipinski definition) is 6. The molecule has 0 spiro atoms. The van der Waals surface area contributed by atoms with Crippen LogP contribution in [0.15, 0.2) is 42.5 Å². The van der Waals surface area contributed by atoms with Crippen LogP contribution in [0.4, 0.5) is 4.79 Å². The van der Waals surface area contributed by atoms with E-state index in [4.69, 9.17) is 9.84 Å². The highest BCUT2D eigenvalue weighted by Gasteiger charge is 2.16. The van der Waals surface area contributed by atoms with E-state index >= 15 is 0 Å². The molecule has 1 unspecified atom stereocenters. The number of aryl methyl sites for hydroxylation is 1. The molecule has 29 heavy (non-hydrogen) atoms. The zero-order valence-corrected chi connectivity index (χ0v) is 17.0. The van der Waals surface area contributed by atoms with Gasteiger partial charge in [0.15, 0.2) is 5.82 Å². The van der Waals surface area contributed by atoms with Gasteiger partial charge in [0, 0.05) is 12.0 Å². The maximum Gasteiger partial charge on any atom is 0.412 e. The zero-order chi connectivity index (χ0) is 21.0. The van der Waals surface area contributed by atoms with E-state index in [0.29, 0.717) is 17.3 Å². The molecule has 1 amide bonds. The van der Waals surface area contributed by atoms with Crippen LogP contribution < -0.4 is 10.1 Å². The Labute approximate surface area is 169 Å². The highest BCUT2D eigenvalue weighted by molar-refractivity contribution is 5.74. The molecule has 2 N–H and O–H groups in total. The van der Waals surface area contributed by atoms with Crippen LogP contribution in [0.5, 0.6) is 5.75 Å². The van der Waals surface area contributed by atoms with Crippen LogP contribution in [-0.4, -0.2) is 44.1 Å². The zero-order valence-electron chi connectivity index (χ0n) is 17.0. The fraction of sp³-hybridized carbons (Fsp3) is 0.333. The van der Waals surface area contributed by atoms with Crippen LogP contribution in [0.2, 0.25) is 0 Å². The summed E-state index contributed by atoms with van der Waals surface area (Å²) in [4.78, 5) is 12.2. The fourth-order valence-corrected chi connectivity index (χ4v) is 2.80. The first kappa shape index (κ1) is 20.5. The second-order valence-corrected chi connectivity index (χ2v) is 7.30. The van der Waals surface area contributed by atoms with E-state index in [1.165, 1.54) is 0 Å². The maximum atomic E-state index is 12.2. The summed E-state index contributed by atoms with van der Waals surface area (Å²) in [5, 5.41) is 23.7. The molecule has 1 heterocycles. The molecule has 8 heteroatoms. The monoisotopic (exact) mass is 395 g/mol. The van der Waals surface area contributed by atoms with Crippen LogP contribution in [0.25, 0.3) is 16.8 Å². The van der Waals surface area contributed by atoms with Crippen molar-refractivity contribution in [3.8, 4) is 22.6 Å². The number of aliphatic hydroxyl groups is 1. The molecule has 0 fully saturated rings. The SMILES string of the molecule is Cc1ccc(-c2cc(OC(=O)NC(C)CO)cc(-n3nnnc3C(C)C)c2)cc1. The maximum absolute atomic E-state index is 12.2. The molecule has 0 aliphatic rings. The Balaban J connectivity index is 2.03. The lowest BCUT2D eigenvalue weighted by molar-refractivity contribution is 0.186. The van der Waals surface area contributed by atoms with E-state index in [9.17, 15) is 4.79 Å². The Morgan fingerprint density at radius 3 is 2.52 bits per heavy atom. The van der Waals surface area contributed by atoms with Crippen LogP contribution >= 0.6 is 0 Å². The number of aliphatic hydroxyl groups excluding tert-OH is 1. The van der Waals surface area contributed by atoms with Crippen LogP contribution in [0.1, 0.15) is 38.1 Å². The molecule has 0 aliphatic heterocycles. The molecule has 3 rings (SSSR count). The topological polar surface area (TPSA) is 102 Å². The molecule has 3 aromatic rings. The van der Waals surface area contributed by atoms with E-state index < -0.39 is 12.1 Å². The number of nitrogens with zero attached hydrogens (tertiary/aromatic N) is 4. The average Bonchev–Trinajstić information content (AvgIpc) is 3.18. The molecule has 0 bridgehead atoms. The van der Waals surface area contributed by atoms with E-state index in [-0.39, 0.29) is 12.5 Å². The first-order chi connectivity index (χ1) is 13.9. The van der Waals surface area contributed by atoms with E-state index in [0.717, 1.165) is 16.7 Å². The number of tetrazole rings is 1. The Kier molecular flexibility index (Phi) is 6.23.